The van der Waals surface area contributed by atoms with Crippen molar-refractivity contribution >= 4 is 23.8 Å². The normalized spacial score (nSPS) is 18.0. The maximum Gasteiger partial charge on any atom is 0.326 e. The van der Waals surface area contributed by atoms with E-state index in [0.29, 0.717) is 24.9 Å². The van der Waals surface area contributed by atoms with Crippen LogP contribution in [0.15, 0.2) is 60.7 Å². The number of carboxylic acid groups (broad SMARTS) is 2. The molecule has 1 aliphatic heterocycles. The highest BCUT2D eigenvalue weighted by molar-refractivity contribution is 5.95. The third-order valence-corrected chi connectivity index (χ3v) is 5.94. The highest BCUT2D eigenvalue weighted by Crippen LogP contribution is 2.19. The molecule has 9 nitrogen and oxygen atoms in total. The van der Waals surface area contributed by atoms with Crippen molar-refractivity contribution in [3.05, 3.63) is 71.8 Å². The molecule has 0 bridgehead atoms. The second-order valence-corrected chi connectivity index (χ2v) is 8.37. The number of likely N-dealkylation sites (tertiary alicyclic amines) is 1. The van der Waals surface area contributed by atoms with Gasteiger partial charge in [-0.3, -0.25) is 19.7 Å². The van der Waals surface area contributed by atoms with E-state index in [1.54, 1.807) is 30.3 Å². The molecule has 4 N–H and O–H groups in total. The summed E-state index contributed by atoms with van der Waals surface area (Å²) < 4.78 is 0. The number of nitrogens with one attached hydrogen (secondary N) is 2. The predicted octanol–water partition coefficient (Wildman–Crippen LogP) is 1.53. The fourth-order valence-electron chi connectivity index (χ4n) is 4.20. The number of nitrogens with zero attached hydrogens (tertiary/aromatic N) is 1. The molecule has 3 rings (SSSR count). The van der Waals surface area contributed by atoms with Gasteiger partial charge in [0.05, 0.1) is 12.1 Å². The number of carbonyl (C=O) groups excluding carboxylic acids is 2. The third kappa shape index (κ3) is 6.20. The zero-order valence-corrected chi connectivity index (χ0v) is 18.9. The molecule has 0 aromatic heterocycles. The van der Waals surface area contributed by atoms with E-state index in [0.717, 1.165) is 5.56 Å². The number of carbonyl (C=O) groups is 4. The van der Waals surface area contributed by atoms with Crippen LogP contribution >= 0.6 is 0 Å². The second-order valence-electron chi connectivity index (χ2n) is 8.37. The predicted molar refractivity (Wildman–Crippen MR) is 124 cm³/mol. The highest BCUT2D eigenvalue weighted by Gasteiger charge is 2.38. The van der Waals surface area contributed by atoms with Crippen LogP contribution in [0.4, 0.5) is 0 Å². The Morgan fingerprint density at radius 3 is 2.21 bits per heavy atom. The molecule has 0 aliphatic carbocycles. The van der Waals surface area contributed by atoms with Gasteiger partial charge in [0, 0.05) is 12.1 Å². The SMILES string of the molecule is C[C@H](N[C@H](C(=O)O)[C@H](Cc1ccccc1)NC(=O)c1ccccc1)C(=O)N1CCC[C@H]1C(=O)O. The van der Waals surface area contributed by atoms with Crippen molar-refractivity contribution in [1.82, 2.24) is 15.5 Å². The lowest BCUT2D eigenvalue weighted by Gasteiger charge is -2.31. The summed E-state index contributed by atoms with van der Waals surface area (Å²) in [5.74, 6) is -3.22. The Labute approximate surface area is 197 Å². The number of benzene rings is 2. The van der Waals surface area contributed by atoms with Crippen molar-refractivity contribution in [2.75, 3.05) is 6.54 Å². The molecule has 1 heterocycles. The molecule has 2 amide bonds. The van der Waals surface area contributed by atoms with Gasteiger partial charge in [0.15, 0.2) is 0 Å². The van der Waals surface area contributed by atoms with Gasteiger partial charge in [0.25, 0.3) is 5.91 Å². The van der Waals surface area contributed by atoms with Gasteiger partial charge in [-0.05, 0) is 43.9 Å². The Morgan fingerprint density at radius 1 is 1.00 bits per heavy atom. The van der Waals surface area contributed by atoms with E-state index in [4.69, 9.17) is 0 Å². The van der Waals surface area contributed by atoms with Crippen molar-refractivity contribution in [1.29, 1.82) is 0 Å². The Kier molecular flexibility index (Phi) is 8.37. The van der Waals surface area contributed by atoms with E-state index >= 15 is 0 Å². The number of hydrogen-bond acceptors (Lipinski definition) is 5. The van der Waals surface area contributed by atoms with Crippen molar-refractivity contribution in [3.8, 4) is 0 Å². The number of rotatable bonds is 10. The van der Waals surface area contributed by atoms with Gasteiger partial charge >= 0.3 is 11.9 Å². The summed E-state index contributed by atoms with van der Waals surface area (Å²) in [6, 6.07) is 13.5. The van der Waals surface area contributed by atoms with Crippen LogP contribution in [0.5, 0.6) is 0 Å². The molecule has 34 heavy (non-hydrogen) atoms. The molecule has 180 valence electrons. The lowest BCUT2D eigenvalue weighted by atomic mass is 9.97. The Balaban J connectivity index is 1.81. The minimum Gasteiger partial charge on any atom is -0.480 e. The molecule has 1 saturated heterocycles. The molecule has 0 radical (unpaired) electrons. The van der Waals surface area contributed by atoms with Crippen LogP contribution in [-0.2, 0) is 20.8 Å². The van der Waals surface area contributed by atoms with Crippen molar-refractivity contribution in [2.45, 2.75) is 50.4 Å². The first kappa shape index (κ1) is 24.9. The number of hydrogen-bond donors (Lipinski definition) is 4. The molecular weight excluding hydrogens is 438 g/mol. The van der Waals surface area contributed by atoms with E-state index in [1.165, 1.54) is 11.8 Å². The van der Waals surface area contributed by atoms with Crippen molar-refractivity contribution in [2.24, 2.45) is 0 Å². The Bertz CT molecular complexity index is 1010. The Morgan fingerprint density at radius 2 is 1.62 bits per heavy atom. The van der Waals surface area contributed by atoms with Gasteiger partial charge in [0.2, 0.25) is 5.91 Å². The summed E-state index contributed by atoms with van der Waals surface area (Å²) in [6.07, 6.45) is 1.15. The first-order valence-electron chi connectivity index (χ1n) is 11.2. The highest BCUT2D eigenvalue weighted by atomic mass is 16.4. The first-order chi connectivity index (χ1) is 16.3. The molecule has 0 unspecified atom stereocenters. The van der Waals surface area contributed by atoms with Crippen LogP contribution in [0.2, 0.25) is 0 Å². The quantitative estimate of drug-likeness (QED) is 0.416. The standard InChI is InChI=1S/C25H29N3O6/c1-16(23(30)28-14-8-13-20(28)24(31)32)26-21(25(33)34)19(15-17-9-4-2-5-10-17)27-22(29)18-11-6-3-7-12-18/h2-7,9-12,16,19-21,26H,8,13-15H2,1H3,(H,27,29)(H,31,32)(H,33,34)/t16-,19-,20-,21-/m0/s1. The van der Waals surface area contributed by atoms with Gasteiger partial charge in [-0.15, -0.1) is 0 Å². The van der Waals surface area contributed by atoms with E-state index in [-0.39, 0.29) is 6.42 Å². The first-order valence-corrected chi connectivity index (χ1v) is 11.2. The number of amides is 2. The van der Waals surface area contributed by atoms with Crippen molar-refractivity contribution < 1.29 is 29.4 Å². The molecule has 2 aromatic rings. The zero-order chi connectivity index (χ0) is 24.7. The largest absolute Gasteiger partial charge is 0.480 e. The Hall–Kier alpha value is -3.72. The van der Waals surface area contributed by atoms with Gasteiger partial charge in [-0.1, -0.05) is 48.5 Å². The maximum atomic E-state index is 13.0. The molecule has 0 spiro atoms. The summed E-state index contributed by atoms with van der Waals surface area (Å²) in [4.78, 5) is 50.8. The summed E-state index contributed by atoms with van der Waals surface area (Å²) in [5.41, 5.74) is 1.20. The number of carboxylic acids is 2. The molecule has 9 heteroatoms. The van der Waals surface area contributed by atoms with E-state index < -0.39 is 47.9 Å². The topological polar surface area (TPSA) is 136 Å². The smallest absolute Gasteiger partial charge is 0.326 e. The van der Waals surface area contributed by atoms with Crippen LogP contribution in [0.25, 0.3) is 0 Å². The summed E-state index contributed by atoms with van der Waals surface area (Å²) in [6.45, 7) is 1.81. The average Bonchev–Trinajstić information content (AvgIpc) is 3.33. The molecule has 1 fully saturated rings. The van der Waals surface area contributed by atoms with Crippen LogP contribution < -0.4 is 10.6 Å². The van der Waals surface area contributed by atoms with Crippen molar-refractivity contribution in [3.63, 3.8) is 0 Å². The van der Waals surface area contributed by atoms with Gasteiger partial charge in [0.1, 0.15) is 12.1 Å². The maximum absolute atomic E-state index is 13.0. The van der Waals surface area contributed by atoms with Crippen LogP contribution in [0.3, 0.4) is 0 Å². The lowest BCUT2D eigenvalue weighted by molar-refractivity contribution is -0.149. The molecular formula is C25H29N3O6. The minimum absolute atomic E-state index is 0.214. The minimum atomic E-state index is -1.29. The van der Waals surface area contributed by atoms with Gasteiger partial charge in [-0.25, -0.2) is 4.79 Å². The molecule has 0 saturated carbocycles. The third-order valence-electron chi connectivity index (χ3n) is 5.94. The second kappa shape index (κ2) is 11.4. The monoisotopic (exact) mass is 467 g/mol. The van der Waals surface area contributed by atoms with Crippen LogP contribution in [0.1, 0.15) is 35.7 Å². The van der Waals surface area contributed by atoms with E-state index in [1.807, 2.05) is 30.3 Å². The summed E-state index contributed by atoms with van der Waals surface area (Å²) in [5, 5.41) is 25.0. The lowest BCUT2D eigenvalue weighted by Crippen LogP contribution is -2.60. The summed E-state index contributed by atoms with van der Waals surface area (Å²) in [7, 11) is 0. The number of aliphatic carboxylic acids is 2. The average molecular weight is 468 g/mol. The van der Waals surface area contributed by atoms with Gasteiger partial charge < -0.3 is 20.4 Å². The summed E-state index contributed by atoms with van der Waals surface area (Å²) >= 11 is 0. The van der Waals surface area contributed by atoms with Crippen LogP contribution in [-0.4, -0.2) is 69.6 Å². The fraction of sp³-hybridized carbons (Fsp3) is 0.360. The zero-order valence-electron chi connectivity index (χ0n) is 18.9. The fourth-order valence-corrected chi connectivity index (χ4v) is 4.20. The molecule has 4 atom stereocenters. The van der Waals surface area contributed by atoms with Gasteiger partial charge in [-0.2, -0.15) is 0 Å². The molecule has 1 aliphatic rings. The van der Waals surface area contributed by atoms with E-state index in [2.05, 4.69) is 10.6 Å². The van der Waals surface area contributed by atoms with Crippen LogP contribution in [0, 0.1) is 0 Å². The van der Waals surface area contributed by atoms with E-state index in [9.17, 15) is 29.4 Å². The molecule has 2 aromatic carbocycles.